The minimum atomic E-state index is 0.387. The van der Waals surface area contributed by atoms with Gasteiger partial charge in [0.05, 0.1) is 18.7 Å². The standard InChI is InChI=1S/C17H13ClN4OS/c1-23-16-3-2-11(6-15(16)18)17-22-10-14(24-17)9-21-12-4-5-20-13(7-12)8-19/h2-7,10H,9H2,1H3,(H,20,21). The largest absolute Gasteiger partial charge is 0.495 e. The van der Waals surface area contributed by atoms with E-state index in [9.17, 15) is 0 Å². The smallest absolute Gasteiger partial charge is 0.142 e. The molecule has 5 nitrogen and oxygen atoms in total. The van der Waals surface area contributed by atoms with Gasteiger partial charge >= 0.3 is 0 Å². The number of halogens is 1. The summed E-state index contributed by atoms with van der Waals surface area (Å²) in [6, 6.07) is 11.2. The van der Waals surface area contributed by atoms with Gasteiger partial charge < -0.3 is 10.1 Å². The van der Waals surface area contributed by atoms with Crippen molar-refractivity contribution in [1.29, 1.82) is 5.26 Å². The predicted octanol–water partition coefficient (Wildman–Crippen LogP) is 4.35. The first-order valence-electron chi connectivity index (χ1n) is 7.08. The molecule has 0 atom stereocenters. The molecule has 0 amide bonds. The van der Waals surface area contributed by atoms with Crippen LogP contribution < -0.4 is 10.1 Å². The number of hydrogen-bond donors (Lipinski definition) is 1. The third kappa shape index (κ3) is 3.65. The predicted molar refractivity (Wildman–Crippen MR) is 95.4 cm³/mol. The van der Waals surface area contributed by atoms with Crippen LogP contribution in [0.1, 0.15) is 10.6 Å². The van der Waals surface area contributed by atoms with Gasteiger partial charge in [-0.2, -0.15) is 5.26 Å². The number of nitrogens with one attached hydrogen (secondary N) is 1. The quantitative estimate of drug-likeness (QED) is 0.735. The highest BCUT2D eigenvalue weighted by Gasteiger charge is 2.08. The summed E-state index contributed by atoms with van der Waals surface area (Å²) < 4.78 is 5.16. The van der Waals surface area contributed by atoms with Gasteiger partial charge in [0, 0.05) is 28.5 Å². The van der Waals surface area contributed by atoms with Crippen LogP contribution >= 0.6 is 22.9 Å². The Morgan fingerprint density at radius 1 is 1.29 bits per heavy atom. The van der Waals surface area contributed by atoms with Crippen molar-refractivity contribution in [3.05, 3.63) is 58.3 Å². The lowest BCUT2D eigenvalue weighted by atomic mass is 10.2. The van der Waals surface area contributed by atoms with Crippen LogP contribution in [0, 0.1) is 11.3 Å². The molecule has 7 heteroatoms. The molecule has 2 heterocycles. The van der Waals surface area contributed by atoms with E-state index in [2.05, 4.69) is 15.3 Å². The minimum Gasteiger partial charge on any atom is -0.495 e. The number of nitrogens with zero attached hydrogens (tertiary/aromatic N) is 3. The molecule has 120 valence electrons. The summed E-state index contributed by atoms with van der Waals surface area (Å²) in [5.41, 5.74) is 2.19. The normalized spacial score (nSPS) is 10.2. The van der Waals surface area contributed by atoms with Gasteiger partial charge in [-0.15, -0.1) is 11.3 Å². The van der Waals surface area contributed by atoms with Crippen molar-refractivity contribution in [2.24, 2.45) is 0 Å². The average Bonchev–Trinajstić information content (AvgIpc) is 3.09. The number of hydrogen-bond acceptors (Lipinski definition) is 6. The van der Waals surface area contributed by atoms with Crippen LogP contribution in [-0.2, 0) is 6.54 Å². The Hall–Kier alpha value is -2.62. The van der Waals surface area contributed by atoms with E-state index in [0.29, 0.717) is 23.0 Å². The summed E-state index contributed by atoms with van der Waals surface area (Å²) in [6.45, 7) is 0.621. The first kappa shape index (κ1) is 16.2. The zero-order chi connectivity index (χ0) is 16.9. The van der Waals surface area contributed by atoms with Crippen LogP contribution in [-0.4, -0.2) is 17.1 Å². The number of nitriles is 1. The topological polar surface area (TPSA) is 70.8 Å². The second-order valence-electron chi connectivity index (χ2n) is 4.88. The highest BCUT2D eigenvalue weighted by Crippen LogP contribution is 2.32. The van der Waals surface area contributed by atoms with E-state index in [-0.39, 0.29) is 0 Å². The summed E-state index contributed by atoms with van der Waals surface area (Å²) in [4.78, 5) is 9.46. The highest BCUT2D eigenvalue weighted by atomic mass is 35.5. The molecule has 24 heavy (non-hydrogen) atoms. The van der Waals surface area contributed by atoms with Crippen LogP contribution in [0.3, 0.4) is 0 Å². The van der Waals surface area contributed by atoms with E-state index in [1.54, 1.807) is 30.7 Å². The van der Waals surface area contributed by atoms with E-state index in [1.165, 1.54) is 0 Å². The molecule has 3 aromatic rings. The SMILES string of the molecule is COc1ccc(-c2ncc(CNc3ccnc(C#N)c3)s2)cc1Cl. The number of pyridine rings is 1. The van der Waals surface area contributed by atoms with Crippen LogP contribution in [0.25, 0.3) is 10.6 Å². The Kier molecular flexibility index (Phi) is 4.94. The Labute approximate surface area is 148 Å². The second-order valence-corrected chi connectivity index (χ2v) is 6.40. The average molecular weight is 357 g/mol. The van der Waals surface area contributed by atoms with E-state index in [4.69, 9.17) is 21.6 Å². The van der Waals surface area contributed by atoms with Crippen LogP contribution in [0.4, 0.5) is 5.69 Å². The molecule has 0 saturated carbocycles. The summed E-state index contributed by atoms with van der Waals surface area (Å²) >= 11 is 7.75. The lowest BCUT2D eigenvalue weighted by Crippen LogP contribution is -1.98. The van der Waals surface area contributed by atoms with Crippen molar-refractivity contribution in [2.75, 3.05) is 12.4 Å². The van der Waals surface area contributed by atoms with E-state index in [1.807, 2.05) is 36.5 Å². The van der Waals surface area contributed by atoms with Crippen LogP contribution in [0.2, 0.25) is 5.02 Å². The van der Waals surface area contributed by atoms with Crippen molar-refractivity contribution in [1.82, 2.24) is 9.97 Å². The maximum absolute atomic E-state index is 8.87. The number of thiazole rings is 1. The van der Waals surface area contributed by atoms with Crippen molar-refractivity contribution in [2.45, 2.75) is 6.54 Å². The van der Waals surface area contributed by atoms with Gasteiger partial charge in [0.2, 0.25) is 0 Å². The molecule has 1 aromatic carbocycles. The molecule has 2 aromatic heterocycles. The number of aromatic nitrogens is 2. The lowest BCUT2D eigenvalue weighted by Gasteiger charge is -2.04. The lowest BCUT2D eigenvalue weighted by molar-refractivity contribution is 0.415. The van der Waals surface area contributed by atoms with Crippen LogP contribution in [0.15, 0.2) is 42.7 Å². The second kappa shape index (κ2) is 7.30. The molecule has 0 fully saturated rings. The van der Waals surface area contributed by atoms with E-state index in [0.717, 1.165) is 21.1 Å². The molecule has 0 saturated heterocycles. The zero-order valence-electron chi connectivity index (χ0n) is 12.8. The molecular formula is C17H13ClN4OS. The van der Waals surface area contributed by atoms with Crippen molar-refractivity contribution >= 4 is 28.6 Å². The number of methoxy groups -OCH3 is 1. The van der Waals surface area contributed by atoms with Gasteiger partial charge in [-0.05, 0) is 30.3 Å². The molecule has 0 aliphatic carbocycles. The fraction of sp³-hybridized carbons (Fsp3) is 0.118. The van der Waals surface area contributed by atoms with E-state index < -0.39 is 0 Å². The van der Waals surface area contributed by atoms with Crippen molar-refractivity contribution < 1.29 is 4.74 Å². The fourth-order valence-electron chi connectivity index (χ4n) is 2.11. The first-order valence-corrected chi connectivity index (χ1v) is 8.27. The first-order chi connectivity index (χ1) is 11.7. The molecule has 1 N–H and O–H groups in total. The third-order valence-corrected chi connectivity index (χ3v) is 4.64. The molecule has 0 aliphatic rings. The van der Waals surface area contributed by atoms with Crippen molar-refractivity contribution in [3.8, 4) is 22.4 Å². The van der Waals surface area contributed by atoms with E-state index >= 15 is 0 Å². The Bertz CT molecular complexity index is 904. The summed E-state index contributed by atoms with van der Waals surface area (Å²) in [5, 5.41) is 13.6. The molecule has 0 aliphatic heterocycles. The van der Waals surface area contributed by atoms with Gasteiger partial charge in [-0.25, -0.2) is 9.97 Å². The maximum atomic E-state index is 8.87. The van der Waals surface area contributed by atoms with Gasteiger partial charge in [0.25, 0.3) is 0 Å². The monoisotopic (exact) mass is 356 g/mol. The fourth-order valence-corrected chi connectivity index (χ4v) is 3.22. The van der Waals surface area contributed by atoms with Crippen molar-refractivity contribution in [3.63, 3.8) is 0 Å². The van der Waals surface area contributed by atoms with Gasteiger partial charge in [0.15, 0.2) is 0 Å². The zero-order valence-corrected chi connectivity index (χ0v) is 14.4. The molecule has 0 radical (unpaired) electrons. The summed E-state index contributed by atoms with van der Waals surface area (Å²) in [7, 11) is 1.59. The minimum absolute atomic E-state index is 0.387. The molecule has 3 rings (SSSR count). The molecule has 0 spiro atoms. The molecular weight excluding hydrogens is 344 g/mol. The van der Waals surface area contributed by atoms with Gasteiger partial charge in [-0.3, -0.25) is 0 Å². The Balaban J connectivity index is 1.71. The summed E-state index contributed by atoms with van der Waals surface area (Å²) in [6.07, 6.45) is 3.44. The Morgan fingerprint density at radius 2 is 2.17 bits per heavy atom. The number of anilines is 1. The van der Waals surface area contributed by atoms with Gasteiger partial charge in [-0.1, -0.05) is 11.6 Å². The number of ether oxygens (including phenoxy) is 1. The molecule has 0 bridgehead atoms. The molecule has 0 unspecified atom stereocenters. The maximum Gasteiger partial charge on any atom is 0.142 e. The third-order valence-electron chi connectivity index (χ3n) is 3.29. The number of benzene rings is 1. The Morgan fingerprint density at radius 3 is 2.92 bits per heavy atom. The number of rotatable bonds is 5. The van der Waals surface area contributed by atoms with Gasteiger partial charge in [0.1, 0.15) is 22.5 Å². The summed E-state index contributed by atoms with van der Waals surface area (Å²) in [5.74, 6) is 0.643. The highest BCUT2D eigenvalue weighted by molar-refractivity contribution is 7.15. The van der Waals surface area contributed by atoms with Crippen LogP contribution in [0.5, 0.6) is 5.75 Å².